The van der Waals surface area contributed by atoms with E-state index in [0.717, 1.165) is 12.8 Å². The van der Waals surface area contributed by atoms with Crippen LogP contribution in [0, 0.1) is 0 Å². The Balaban J connectivity index is 2.27. The van der Waals surface area contributed by atoms with Gasteiger partial charge in [0.1, 0.15) is 0 Å². The molecule has 0 aliphatic heterocycles. The molecule has 68 valence electrons. The molecule has 1 saturated carbocycles. The van der Waals surface area contributed by atoms with Crippen molar-refractivity contribution in [1.29, 1.82) is 0 Å². The second-order valence-corrected chi connectivity index (χ2v) is 3.08. The highest BCUT2D eigenvalue weighted by molar-refractivity contribution is 5.84. The van der Waals surface area contributed by atoms with Crippen molar-refractivity contribution in [1.82, 2.24) is 4.98 Å². The maximum atomic E-state index is 10.5. The molecule has 13 heavy (non-hydrogen) atoms. The fraction of sp³-hybridized carbons (Fsp3) is 0.333. The Hall–Kier alpha value is -1.58. The Kier molecular flexibility index (Phi) is 1.88. The van der Waals surface area contributed by atoms with Crippen molar-refractivity contribution in [3.8, 4) is 5.75 Å². The van der Waals surface area contributed by atoms with Gasteiger partial charge in [0.15, 0.2) is 12.0 Å². The second kappa shape index (κ2) is 3.05. The zero-order valence-electron chi connectivity index (χ0n) is 7.06. The highest BCUT2D eigenvalue weighted by Gasteiger charge is 2.24. The van der Waals surface area contributed by atoms with E-state index in [9.17, 15) is 4.79 Å². The summed E-state index contributed by atoms with van der Waals surface area (Å²) in [5.74, 6) is 0.520. The van der Waals surface area contributed by atoms with Crippen LogP contribution in [0.25, 0.3) is 0 Å². The van der Waals surface area contributed by atoms with E-state index in [0.29, 0.717) is 23.3 Å². The molecule has 2 N–H and O–H groups in total. The largest absolute Gasteiger partial charge is 0.487 e. The molecule has 0 amide bonds. The normalized spacial score (nSPS) is 15.4. The maximum absolute atomic E-state index is 10.5. The topological polar surface area (TPSA) is 65.2 Å². The van der Waals surface area contributed by atoms with Gasteiger partial charge in [-0.25, -0.2) is 0 Å². The van der Waals surface area contributed by atoms with Crippen molar-refractivity contribution in [2.75, 3.05) is 5.73 Å². The minimum atomic E-state index is 0.269. The Labute approximate surface area is 75.7 Å². The van der Waals surface area contributed by atoms with E-state index in [1.54, 1.807) is 6.20 Å². The zero-order valence-corrected chi connectivity index (χ0v) is 7.06. The molecular weight excluding hydrogens is 168 g/mol. The number of nitrogens with two attached hydrogens (primary N) is 1. The van der Waals surface area contributed by atoms with E-state index in [-0.39, 0.29) is 6.10 Å². The molecule has 1 fully saturated rings. The van der Waals surface area contributed by atoms with Gasteiger partial charge in [0, 0.05) is 6.20 Å². The molecule has 0 bridgehead atoms. The number of anilines is 1. The highest BCUT2D eigenvalue weighted by Crippen LogP contribution is 2.30. The quantitative estimate of drug-likeness (QED) is 0.702. The molecular formula is C9H10N2O2. The van der Waals surface area contributed by atoms with Gasteiger partial charge in [0.05, 0.1) is 23.6 Å². The van der Waals surface area contributed by atoms with Gasteiger partial charge in [0.2, 0.25) is 0 Å². The molecule has 1 heterocycles. The van der Waals surface area contributed by atoms with Crippen LogP contribution in [-0.2, 0) is 0 Å². The Morgan fingerprint density at radius 1 is 1.54 bits per heavy atom. The smallest absolute Gasteiger partial charge is 0.161 e. The number of pyridine rings is 1. The molecule has 0 radical (unpaired) electrons. The highest BCUT2D eigenvalue weighted by atomic mass is 16.5. The van der Waals surface area contributed by atoms with E-state index in [2.05, 4.69) is 4.98 Å². The number of nitrogen functional groups attached to an aromatic ring is 1. The number of hydrogen-bond donors (Lipinski definition) is 1. The molecule has 1 aromatic rings. The molecule has 4 nitrogen and oxygen atoms in total. The summed E-state index contributed by atoms with van der Waals surface area (Å²) in [6, 6.07) is 0. The number of hydrogen-bond acceptors (Lipinski definition) is 4. The average molecular weight is 178 g/mol. The van der Waals surface area contributed by atoms with E-state index >= 15 is 0 Å². The van der Waals surface area contributed by atoms with E-state index < -0.39 is 0 Å². The van der Waals surface area contributed by atoms with Crippen LogP contribution in [0.15, 0.2) is 12.4 Å². The summed E-state index contributed by atoms with van der Waals surface area (Å²) in [6.45, 7) is 0. The monoisotopic (exact) mass is 178 g/mol. The maximum Gasteiger partial charge on any atom is 0.161 e. The molecule has 0 saturated heterocycles. The van der Waals surface area contributed by atoms with Crippen LogP contribution in [0.1, 0.15) is 23.2 Å². The summed E-state index contributed by atoms with van der Waals surface area (Å²) in [6.07, 6.45) is 6.05. The van der Waals surface area contributed by atoms with Crippen molar-refractivity contribution in [2.45, 2.75) is 18.9 Å². The van der Waals surface area contributed by atoms with Crippen molar-refractivity contribution < 1.29 is 9.53 Å². The lowest BCUT2D eigenvalue weighted by Gasteiger charge is -2.07. The number of nitrogens with zero attached hydrogens (tertiary/aromatic N) is 1. The number of rotatable bonds is 3. The number of aromatic nitrogens is 1. The third-order valence-electron chi connectivity index (χ3n) is 1.93. The molecule has 1 aliphatic rings. The first-order valence-corrected chi connectivity index (χ1v) is 4.16. The van der Waals surface area contributed by atoms with E-state index in [1.165, 1.54) is 6.20 Å². The van der Waals surface area contributed by atoms with Crippen LogP contribution >= 0.6 is 0 Å². The van der Waals surface area contributed by atoms with E-state index in [4.69, 9.17) is 10.5 Å². The lowest BCUT2D eigenvalue weighted by Crippen LogP contribution is -2.03. The number of carbonyl (C=O) groups is 1. The lowest BCUT2D eigenvalue weighted by molar-refractivity contribution is 0.112. The molecule has 1 aromatic heterocycles. The average Bonchev–Trinajstić information content (AvgIpc) is 2.92. The van der Waals surface area contributed by atoms with Crippen molar-refractivity contribution in [3.05, 3.63) is 18.0 Å². The lowest BCUT2D eigenvalue weighted by atomic mass is 10.2. The summed E-state index contributed by atoms with van der Waals surface area (Å²) in [7, 11) is 0. The van der Waals surface area contributed by atoms with Crippen LogP contribution < -0.4 is 10.5 Å². The summed E-state index contributed by atoms with van der Waals surface area (Å²) in [4.78, 5) is 14.4. The second-order valence-electron chi connectivity index (χ2n) is 3.08. The van der Waals surface area contributed by atoms with Gasteiger partial charge in [-0.2, -0.15) is 0 Å². The molecule has 2 rings (SSSR count). The summed E-state index contributed by atoms with van der Waals surface area (Å²) < 4.78 is 5.45. The number of aldehydes is 1. The molecule has 0 aromatic carbocycles. The molecule has 0 unspecified atom stereocenters. The van der Waals surface area contributed by atoms with Gasteiger partial charge in [-0.05, 0) is 12.8 Å². The van der Waals surface area contributed by atoms with Crippen LogP contribution in [0.2, 0.25) is 0 Å². The van der Waals surface area contributed by atoms with Crippen molar-refractivity contribution >= 4 is 12.0 Å². The third kappa shape index (κ3) is 1.61. The van der Waals surface area contributed by atoms with Gasteiger partial charge < -0.3 is 10.5 Å². The third-order valence-corrected chi connectivity index (χ3v) is 1.93. The van der Waals surface area contributed by atoms with Gasteiger partial charge in [0.25, 0.3) is 0 Å². The zero-order chi connectivity index (χ0) is 9.26. The Bertz CT molecular complexity index is 334. The summed E-state index contributed by atoms with van der Waals surface area (Å²) >= 11 is 0. The Morgan fingerprint density at radius 3 is 2.92 bits per heavy atom. The van der Waals surface area contributed by atoms with Gasteiger partial charge in [-0.15, -0.1) is 0 Å². The van der Waals surface area contributed by atoms with Crippen molar-refractivity contribution in [2.24, 2.45) is 0 Å². The minimum absolute atomic E-state index is 0.269. The number of carbonyl (C=O) groups excluding carboxylic acids is 1. The van der Waals surface area contributed by atoms with E-state index in [1.807, 2.05) is 0 Å². The predicted molar refractivity (Wildman–Crippen MR) is 47.7 cm³/mol. The SMILES string of the molecule is Nc1c(C=O)cncc1OC1CC1. The fourth-order valence-corrected chi connectivity index (χ4v) is 1.02. The van der Waals surface area contributed by atoms with Gasteiger partial charge >= 0.3 is 0 Å². The summed E-state index contributed by atoms with van der Waals surface area (Å²) in [5, 5.41) is 0. The van der Waals surface area contributed by atoms with Crippen LogP contribution in [-0.4, -0.2) is 17.4 Å². The minimum Gasteiger partial charge on any atom is -0.487 e. The van der Waals surface area contributed by atoms with Crippen molar-refractivity contribution in [3.63, 3.8) is 0 Å². The first-order chi connectivity index (χ1) is 6.31. The van der Waals surface area contributed by atoms with Crippen LogP contribution in [0.3, 0.4) is 0 Å². The number of ether oxygens (including phenoxy) is 1. The Morgan fingerprint density at radius 2 is 2.31 bits per heavy atom. The fourth-order valence-electron chi connectivity index (χ4n) is 1.02. The standard InChI is InChI=1S/C9H10N2O2/c10-9-6(5-12)3-11-4-8(9)13-7-1-2-7/h3-5,7H,1-2H2,(H2,10,11). The molecule has 0 spiro atoms. The first kappa shape index (κ1) is 8.04. The predicted octanol–water partition coefficient (Wildman–Crippen LogP) is 1.02. The molecule has 4 heteroatoms. The van der Waals surface area contributed by atoms with Gasteiger partial charge in [-0.1, -0.05) is 0 Å². The molecule has 1 aliphatic carbocycles. The van der Waals surface area contributed by atoms with Crippen LogP contribution in [0.4, 0.5) is 5.69 Å². The summed E-state index contributed by atoms with van der Waals surface area (Å²) in [5.41, 5.74) is 6.45. The van der Waals surface area contributed by atoms with Gasteiger partial charge in [-0.3, -0.25) is 9.78 Å². The van der Waals surface area contributed by atoms with Crippen LogP contribution in [0.5, 0.6) is 5.75 Å². The molecule has 0 atom stereocenters. The first-order valence-electron chi connectivity index (χ1n) is 4.16.